The number of ether oxygens (including phenoxy) is 2. The van der Waals surface area contributed by atoms with E-state index in [2.05, 4.69) is 4.90 Å². The average Bonchev–Trinajstić information content (AvgIpc) is 3.06. The van der Waals surface area contributed by atoms with E-state index in [9.17, 15) is 9.18 Å². The summed E-state index contributed by atoms with van der Waals surface area (Å²) in [7, 11) is 0. The summed E-state index contributed by atoms with van der Waals surface area (Å²) < 4.78 is 29.3. The van der Waals surface area contributed by atoms with Crippen LogP contribution in [0, 0.1) is 5.82 Å². The van der Waals surface area contributed by atoms with Crippen LogP contribution < -0.4 is 14.4 Å². The third kappa shape index (κ3) is 2.66. The van der Waals surface area contributed by atoms with Crippen LogP contribution in [0.5, 0.6) is 11.5 Å². The molecule has 0 aliphatic carbocycles. The van der Waals surface area contributed by atoms with Crippen LogP contribution in [0.25, 0.3) is 0 Å². The summed E-state index contributed by atoms with van der Waals surface area (Å²) in [6.45, 7) is 3.34. The van der Waals surface area contributed by atoms with Gasteiger partial charge in [-0.05, 0) is 24.3 Å². The number of piperazine rings is 1. The Morgan fingerprint density at radius 3 is 2.46 bits per heavy atom. The minimum atomic E-state index is -0.252. The Morgan fingerprint density at radius 2 is 1.71 bits per heavy atom. The molecule has 2 aliphatic heterocycles. The Labute approximate surface area is 138 Å². The summed E-state index contributed by atoms with van der Waals surface area (Å²) in [5.74, 6) is 0.625. The minimum absolute atomic E-state index is 0.194. The lowest BCUT2D eigenvalue weighted by Crippen LogP contribution is -2.48. The van der Waals surface area contributed by atoms with Crippen LogP contribution in [0.3, 0.4) is 0 Å². The van der Waals surface area contributed by atoms with Crippen LogP contribution in [-0.4, -0.2) is 50.2 Å². The molecule has 4 rings (SSSR count). The van der Waals surface area contributed by atoms with Gasteiger partial charge in [-0.2, -0.15) is 0 Å². The lowest BCUT2D eigenvalue weighted by atomic mass is 10.2. The molecule has 0 saturated carbocycles. The Bertz CT molecular complexity index is 736. The highest BCUT2D eigenvalue weighted by atomic mass is 19.1. The molecule has 2 aromatic rings. The maximum absolute atomic E-state index is 13.0. The van der Waals surface area contributed by atoms with E-state index in [1.54, 1.807) is 17.0 Å². The van der Waals surface area contributed by atoms with Gasteiger partial charge in [0.25, 0.3) is 5.91 Å². The van der Waals surface area contributed by atoms with Gasteiger partial charge in [-0.3, -0.25) is 4.79 Å². The number of furan rings is 1. The summed E-state index contributed by atoms with van der Waals surface area (Å²) in [4.78, 5) is 16.5. The molecule has 2 aliphatic rings. The number of halogens is 1. The first kappa shape index (κ1) is 14.9. The minimum Gasteiger partial charge on any atom is -0.483 e. The van der Waals surface area contributed by atoms with E-state index in [0.717, 1.165) is 5.69 Å². The zero-order valence-electron chi connectivity index (χ0n) is 13.0. The number of hydrogen-bond donors (Lipinski definition) is 0. The number of benzene rings is 1. The van der Waals surface area contributed by atoms with Crippen LogP contribution in [0.15, 0.2) is 34.9 Å². The molecule has 0 atom stereocenters. The van der Waals surface area contributed by atoms with E-state index < -0.39 is 0 Å². The van der Waals surface area contributed by atoms with E-state index in [0.29, 0.717) is 50.9 Å². The molecule has 0 N–H and O–H groups in total. The second kappa shape index (κ2) is 6.07. The average molecular weight is 332 g/mol. The molecule has 126 valence electrons. The van der Waals surface area contributed by atoms with E-state index in [4.69, 9.17) is 13.9 Å². The Hall–Kier alpha value is -2.70. The highest BCUT2D eigenvalue weighted by Crippen LogP contribution is 2.36. The quantitative estimate of drug-likeness (QED) is 0.843. The SMILES string of the molecule is O=C(c1occ2c1OCCO2)N1CCN(c2ccc(F)cc2)CC1. The molecule has 7 heteroatoms. The first-order valence-corrected chi connectivity index (χ1v) is 7.89. The maximum atomic E-state index is 13.0. The zero-order chi connectivity index (χ0) is 16.5. The highest BCUT2D eigenvalue weighted by molar-refractivity contribution is 5.95. The van der Waals surface area contributed by atoms with Gasteiger partial charge >= 0.3 is 0 Å². The van der Waals surface area contributed by atoms with Gasteiger partial charge in [0, 0.05) is 31.9 Å². The summed E-state index contributed by atoms with van der Waals surface area (Å²) in [5, 5.41) is 0. The molecule has 0 spiro atoms. The van der Waals surface area contributed by atoms with Gasteiger partial charge in [0.1, 0.15) is 25.3 Å². The van der Waals surface area contributed by atoms with Crippen molar-refractivity contribution < 1.29 is 23.1 Å². The number of anilines is 1. The second-order valence-corrected chi connectivity index (χ2v) is 5.71. The van der Waals surface area contributed by atoms with Crippen molar-refractivity contribution in [1.82, 2.24) is 4.90 Å². The van der Waals surface area contributed by atoms with Crippen molar-refractivity contribution in [3.63, 3.8) is 0 Å². The van der Waals surface area contributed by atoms with Crippen molar-refractivity contribution >= 4 is 11.6 Å². The van der Waals surface area contributed by atoms with Gasteiger partial charge in [-0.25, -0.2) is 4.39 Å². The van der Waals surface area contributed by atoms with Crippen molar-refractivity contribution in [2.45, 2.75) is 0 Å². The number of hydrogen-bond acceptors (Lipinski definition) is 5. The lowest BCUT2D eigenvalue weighted by Gasteiger charge is -2.35. The molecule has 1 aromatic heterocycles. The van der Waals surface area contributed by atoms with E-state index >= 15 is 0 Å². The first-order valence-electron chi connectivity index (χ1n) is 7.89. The number of nitrogens with zero attached hydrogens (tertiary/aromatic N) is 2. The third-order valence-corrected chi connectivity index (χ3v) is 4.25. The van der Waals surface area contributed by atoms with Gasteiger partial charge in [-0.1, -0.05) is 0 Å². The largest absolute Gasteiger partial charge is 0.483 e. The second-order valence-electron chi connectivity index (χ2n) is 5.71. The maximum Gasteiger partial charge on any atom is 0.293 e. The van der Waals surface area contributed by atoms with E-state index in [1.807, 2.05) is 0 Å². The molecule has 1 aromatic carbocycles. The third-order valence-electron chi connectivity index (χ3n) is 4.25. The van der Waals surface area contributed by atoms with Crippen LogP contribution in [0.2, 0.25) is 0 Å². The summed E-state index contributed by atoms with van der Waals surface area (Å²) in [6, 6.07) is 6.39. The zero-order valence-corrected chi connectivity index (χ0v) is 13.0. The fourth-order valence-corrected chi connectivity index (χ4v) is 2.97. The van der Waals surface area contributed by atoms with Gasteiger partial charge in [0.2, 0.25) is 17.3 Å². The molecule has 1 saturated heterocycles. The number of rotatable bonds is 2. The fourth-order valence-electron chi connectivity index (χ4n) is 2.97. The molecule has 3 heterocycles. The molecule has 24 heavy (non-hydrogen) atoms. The standard InChI is InChI=1S/C17H17FN2O4/c18-12-1-3-13(4-2-12)19-5-7-20(8-6-19)17(21)16-15-14(11-24-16)22-9-10-23-15/h1-4,11H,5-10H2. The van der Waals surface area contributed by atoms with Crippen molar-refractivity contribution in [3.8, 4) is 11.5 Å². The lowest BCUT2D eigenvalue weighted by molar-refractivity contribution is 0.0705. The van der Waals surface area contributed by atoms with Gasteiger partial charge in [0.15, 0.2) is 0 Å². The molecule has 1 fully saturated rings. The van der Waals surface area contributed by atoms with Crippen LogP contribution in [-0.2, 0) is 0 Å². The molecule has 0 bridgehead atoms. The Balaban J connectivity index is 1.43. The van der Waals surface area contributed by atoms with Crippen LogP contribution >= 0.6 is 0 Å². The van der Waals surface area contributed by atoms with Crippen molar-refractivity contribution in [3.05, 3.63) is 42.1 Å². The predicted molar refractivity (Wildman–Crippen MR) is 84.2 cm³/mol. The molecular weight excluding hydrogens is 315 g/mol. The molecule has 0 radical (unpaired) electrons. The topological polar surface area (TPSA) is 55.2 Å². The van der Waals surface area contributed by atoms with Crippen molar-refractivity contribution in [1.29, 1.82) is 0 Å². The van der Waals surface area contributed by atoms with E-state index in [-0.39, 0.29) is 17.5 Å². The number of carbonyl (C=O) groups excluding carboxylic acids is 1. The van der Waals surface area contributed by atoms with E-state index in [1.165, 1.54) is 18.4 Å². The number of fused-ring (bicyclic) bond motifs is 1. The number of carbonyl (C=O) groups is 1. The molecule has 0 unspecified atom stereocenters. The van der Waals surface area contributed by atoms with Crippen LogP contribution in [0.4, 0.5) is 10.1 Å². The normalized spacial score (nSPS) is 17.0. The molecular formula is C17H17FN2O4. The predicted octanol–water partition coefficient (Wildman–Crippen LogP) is 2.15. The smallest absolute Gasteiger partial charge is 0.293 e. The highest BCUT2D eigenvalue weighted by Gasteiger charge is 2.30. The van der Waals surface area contributed by atoms with Crippen LogP contribution in [0.1, 0.15) is 10.6 Å². The summed E-state index contributed by atoms with van der Waals surface area (Å²) >= 11 is 0. The Kier molecular flexibility index (Phi) is 3.76. The first-order chi connectivity index (χ1) is 11.7. The van der Waals surface area contributed by atoms with Crippen molar-refractivity contribution in [2.24, 2.45) is 0 Å². The summed E-state index contributed by atoms with van der Waals surface area (Å²) in [5.41, 5.74) is 0.954. The van der Waals surface area contributed by atoms with Gasteiger partial charge in [-0.15, -0.1) is 0 Å². The van der Waals surface area contributed by atoms with Crippen molar-refractivity contribution in [2.75, 3.05) is 44.3 Å². The number of amides is 1. The molecule has 6 nitrogen and oxygen atoms in total. The molecule has 1 amide bonds. The van der Waals surface area contributed by atoms with Gasteiger partial charge < -0.3 is 23.7 Å². The Morgan fingerprint density at radius 1 is 1.00 bits per heavy atom. The monoisotopic (exact) mass is 332 g/mol. The fraction of sp³-hybridized carbons (Fsp3) is 0.353. The van der Waals surface area contributed by atoms with Gasteiger partial charge in [0.05, 0.1) is 0 Å². The summed E-state index contributed by atoms with van der Waals surface area (Å²) in [6.07, 6.45) is 1.41.